The minimum absolute atomic E-state index is 0.192. The molecule has 1 aromatic carbocycles. The van der Waals surface area contributed by atoms with E-state index in [1.807, 2.05) is 0 Å². The van der Waals surface area contributed by atoms with Crippen LogP contribution in [-0.4, -0.2) is 16.0 Å². The molecule has 1 N–H and O–H groups in total. The minimum atomic E-state index is -0.413. The van der Waals surface area contributed by atoms with Crippen LogP contribution < -0.4 is 10.1 Å². The van der Waals surface area contributed by atoms with Gasteiger partial charge in [0.2, 0.25) is 5.88 Å². The summed E-state index contributed by atoms with van der Waals surface area (Å²) < 4.78 is 18.4. The van der Waals surface area contributed by atoms with Gasteiger partial charge in [-0.25, -0.2) is 9.37 Å². The van der Waals surface area contributed by atoms with Gasteiger partial charge in [-0.1, -0.05) is 25.4 Å². The van der Waals surface area contributed by atoms with Crippen LogP contribution in [0.15, 0.2) is 30.6 Å². The highest BCUT2D eigenvalue weighted by molar-refractivity contribution is 6.32. The second-order valence-corrected chi connectivity index (χ2v) is 4.97. The summed E-state index contributed by atoms with van der Waals surface area (Å²) in [5.41, 5.74) is 0.816. The number of hydrogen-bond acceptors (Lipinski definition) is 4. The van der Waals surface area contributed by atoms with E-state index in [2.05, 4.69) is 29.1 Å². The van der Waals surface area contributed by atoms with Gasteiger partial charge in [0.05, 0.1) is 23.1 Å². The van der Waals surface area contributed by atoms with Crippen molar-refractivity contribution in [2.24, 2.45) is 0 Å². The molecule has 0 aliphatic carbocycles. The van der Waals surface area contributed by atoms with Crippen molar-refractivity contribution < 1.29 is 9.13 Å². The number of hydrogen-bond donors (Lipinski definition) is 1. The van der Waals surface area contributed by atoms with Crippen LogP contribution in [0, 0.1) is 5.82 Å². The lowest BCUT2D eigenvalue weighted by atomic mass is 10.3. The van der Waals surface area contributed by atoms with E-state index in [-0.39, 0.29) is 5.02 Å². The fraction of sp³-hybridized carbons (Fsp3) is 0.286. The SMILES string of the molecule is CC(C)NCc1cnc(Oc2ccc(F)cc2Cl)cn1. The van der Waals surface area contributed by atoms with E-state index in [0.29, 0.717) is 24.2 Å². The highest BCUT2D eigenvalue weighted by atomic mass is 35.5. The predicted molar refractivity (Wildman–Crippen MR) is 75.5 cm³/mol. The lowest BCUT2D eigenvalue weighted by molar-refractivity contribution is 0.457. The van der Waals surface area contributed by atoms with Crippen LogP contribution in [0.4, 0.5) is 4.39 Å². The monoisotopic (exact) mass is 295 g/mol. The molecule has 1 heterocycles. The molecule has 0 bridgehead atoms. The van der Waals surface area contributed by atoms with Crippen LogP contribution in [0.5, 0.6) is 11.6 Å². The van der Waals surface area contributed by atoms with Crippen LogP contribution >= 0.6 is 11.6 Å². The Morgan fingerprint density at radius 1 is 1.30 bits per heavy atom. The predicted octanol–water partition coefficient (Wildman–Crippen LogP) is 3.56. The van der Waals surface area contributed by atoms with Crippen molar-refractivity contribution in [1.29, 1.82) is 0 Å². The third-order valence-corrected chi connectivity index (χ3v) is 2.78. The largest absolute Gasteiger partial charge is 0.436 e. The molecule has 0 aliphatic heterocycles. The van der Waals surface area contributed by atoms with Gasteiger partial charge in [0.1, 0.15) is 11.6 Å². The van der Waals surface area contributed by atoms with E-state index < -0.39 is 5.82 Å². The molecule has 0 aliphatic rings. The van der Waals surface area contributed by atoms with Gasteiger partial charge < -0.3 is 10.1 Å². The van der Waals surface area contributed by atoms with Crippen LogP contribution in [0.25, 0.3) is 0 Å². The highest BCUT2D eigenvalue weighted by Gasteiger charge is 2.06. The lowest BCUT2D eigenvalue weighted by Crippen LogP contribution is -2.22. The number of ether oxygens (including phenoxy) is 1. The molecule has 20 heavy (non-hydrogen) atoms. The summed E-state index contributed by atoms with van der Waals surface area (Å²) in [6, 6.07) is 4.29. The van der Waals surface area contributed by atoms with Gasteiger partial charge in [0.25, 0.3) is 0 Å². The Hall–Kier alpha value is -1.72. The Morgan fingerprint density at radius 2 is 2.10 bits per heavy atom. The first-order valence-electron chi connectivity index (χ1n) is 6.22. The highest BCUT2D eigenvalue weighted by Crippen LogP contribution is 2.28. The van der Waals surface area contributed by atoms with Crippen molar-refractivity contribution >= 4 is 11.6 Å². The van der Waals surface area contributed by atoms with Crippen molar-refractivity contribution in [3.63, 3.8) is 0 Å². The molecule has 2 aromatic rings. The quantitative estimate of drug-likeness (QED) is 0.916. The molecule has 0 fully saturated rings. The van der Waals surface area contributed by atoms with Gasteiger partial charge in [-0.2, -0.15) is 0 Å². The summed E-state index contributed by atoms with van der Waals surface area (Å²) in [4.78, 5) is 8.37. The molecule has 6 heteroatoms. The van der Waals surface area contributed by atoms with Gasteiger partial charge >= 0.3 is 0 Å². The van der Waals surface area contributed by atoms with Crippen molar-refractivity contribution in [1.82, 2.24) is 15.3 Å². The van der Waals surface area contributed by atoms with E-state index in [1.54, 1.807) is 6.20 Å². The van der Waals surface area contributed by atoms with Gasteiger partial charge in [-0.05, 0) is 18.2 Å². The molecular weight excluding hydrogens is 281 g/mol. The molecule has 0 amide bonds. The van der Waals surface area contributed by atoms with Crippen molar-refractivity contribution in [3.05, 3.63) is 47.1 Å². The number of nitrogens with one attached hydrogen (secondary N) is 1. The average Bonchev–Trinajstić information content (AvgIpc) is 2.41. The van der Waals surface area contributed by atoms with Crippen molar-refractivity contribution in [3.8, 4) is 11.6 Å². The van der Waals surface area contributed by atoms with Gasteiger partial charge in [-0.3, -0.25) is 4.98 Å². The standard InChI is InChI=1S/C14H15ClFN3O/c1-9(2)17-6-11-7-19-14(8-18-11)20-13-4-3-10(16)5-12(13)15/h3-5,7-9,17H,6H2,1-2H3. The fourth-order valence-electron chi connectivity index (χ4n) is 1.47. The van der Waals surface area contributed by atoms with Crippen LogP contribution in [0.2, 0.25) is 5.02 Å². The van der Waals surface area contributed by atoms with Crippen LogP contribution in [-0.2, 0) is 6.54 Å². The number of halogens is 2. The minimum Gasteiger partial charge on any atom is -0.436 e. The molecule has 1 aromatic heterocycles. The van der Waals surface area contributed by atoms with Gasteiger partial charge in [0, 0.05) is 12.6 Å². The molecule has 0 spiro atoms. The Labute approximate surface area is 122 Å². The third-order valence-electron chi connectivity index (χ3n) is 2.48. The summed E-state index contributed by atoms with van der Waals surface area (Å²) in [7, 11) is 0. The molecule has 0 radical (unpaired) electrons. The maximum Gasteiger partial charge on any atom is 0.237 e. The second kappa shape index (κ2) is 6.63. The third kappa shape index (κ3) is 4.15. The number of nitrogens with zero attached hydrogens (tertiary/aromatic N) is 2. The van der Waals surface area contributed by atoms with E-state index in [4.69, 9.17) is 16.3 Å². The topological polar surface area (TPSA) is 47.0 Å². The Morgan fingerprint density at radius 3 is 2.70 bits per heavy atom. The van der Waals surface area contributed by atoms with Crippen molar-refractivity contribution in [2.75, 3.05) is 0 Å². The second-order valence-electron chi connectivity index (χ2n) is 4.56. The molecular formula is C14H15ClFN3O. The normalized spacial score (nSPS) is 10.8. The first kappa shape index (κ1) is 14.7. The molecule has 0 saturated carbocycles. The van der Waals surface area contributed by atoms with Gasteiger partial charge in [-0.15, -0.1) is 0 Å². The molecule has 2 rings (SSSR count). The maximum atomic E-state index is 12.9. The first-order valence-corrected chi connectivity index (χ1v) is 6.59. The van der Waals surface area contributed by atoms with Crippen LogP contribution in [0.1, 0.15) is 19.5 Å². The van der Waals surface area contributed by atoms with E-state index in [0.717, 1.165) is 5.69 Å². The van der Waals surface area contributed by atoms with Gasteiger partial charge in [0.15, 0.2) is 0 Å². The van der Waals surface area contributed by atoms with E-state index >= 15 is 0 Å². The van der Waals surface area contributed by atoms with E-state index in [1.165, 1.54) is 24.4 Å². The lowest BCUT2D eigenvalue weighted by Gasteiger charge is -2.08. The number of rotatable bonds is 5. The van der Waals surface area contributed by atoms with E-state index in [9.17, 15) is 4.39 Å². The smallest absolute Gasteiger partial charge is 0.237 e. The Kier molecular flexibility index (Phi) is 4.87. The molecule has 106 valence electrons. The summed E-state index contributed by atoms with van der Waals surface area (Å²) in [6.07, 6.45) is 3.14. The summed E-state index contributed by atoms with van der Waals surface area (Å²) in [6.45, 7) is 4.76. The van der Waals surface area contributed by atoms with Crippen LogP contribution in [0.3, 0.4) is 0 Å². The summed E-state index contributed by atoms with van der Waals surface area (Å²) in [5, 5.41) is 3.43. The summed E-state index contributed by atoms with van der Waals surface area (Å²) >= 11 is 5.87. The van der Waals surface area contributed by atoms with Crippen molar-refractivity contribution in [2.45, 2.75) is 26.4 Å². The molecule has 0 atom stereocenters. The summed E-state index contributed by atoms with van der Waals surface area (Å²) in [5.74, 6) is 0.241. The Balaban J connectivity index is 2.03. The number of aromatic nitrogens is 2. The fourth-order valence-corrected chi connectivity index (χ4v) is 1.67. The zero-order valence-corrected chi connectivity index (χ0v) is 12.0. The molecule has 0 unspecified atom stereocenters. The average molecular weight is 296 g/mol. The Bertz CT molecular complexity index is 575. The molecule has 4 nitrogen and oxygen atoms in total. The zero-order chi connectivity index (χ0) is 14.5. The first-order chi connectivity index (χ1) is 9.54. The zero-order valence-electron chi connectivity index (χ0n) is 11.2. The number of benzene rings is 1. The molecule has 0 saturated heterocycles. The maximum absolute atomic E-state index is 12.9.